The lowest BCUT2D eigenvalue weighted by molar-refractivity contribution is 0.0984. The highest BCUT2D eigenvalue weighted by atomic mass is 35.5. The molecule has 0 unspecified atom stereocenters. The number of aryl methyl sites for hydroxylation is 2. The van der Waals surface area contributed by atoms with Gasteiger partial charge in [-0.1, -0.05) is 35.1 Å². The number of carbonyl (C=O) groups excluding carboxylic acids is 1. The lowest BCUT2D eigenvalue weighted by Gasteiger charge is -2.23. The van der Waals surface area contributed by atoms with Crippen molar-refractivity contribution in [3.05, 3.63) is 53.1 Å². The van der Waals surface area contributed by atoms with Crippen LogP contribution in [0.4, 0.5) is 5.13 Å². The Bertz CT molecular complexity index is 971. The highest BCUT2D eigenvalue weighted by Crippen LogP contribution is 2.34. The fourth-order valence-corrected chi connectivity index (χ4v) is 4.53. The zero-order valence-corrected chi connectivity index (χ0v) is 19.3. The van der Waals surface area contributed by atoms with Crippen molar-refractivity contribution in [2.75, 3.05) is 38.3 Å². The van der Waals surface area contributed by atoms with Gasteiger partial charge in [-0.25, -0.2) is 4.98 Å². The maximum Gasteiger partial charge on any atom is 0.260 e. The molecule has 150 valence electrons. The topological polar surface area (TPSA) is 36.4 Å². The SMILES string of the molecule is CSc1cccc2sc(N(CCN(C)C)C(=O)c3cc(C)ccc3C)nc12.Cl. The predicted molar refractivity (Wildman–Crippen MR) is 125 cm³/mol. The van der Waals surface area contributed by atoms with Crippen molar-refractivity contribution in [3.8, 4) is 0 Å². The predicted octanol–water partition coefficient (Wildman–Crippen LogP) is 5.27. The van der Waals surface area contributed by atoms with Crippen LogP contribution in [0.2, 0.25) is 0 Å². The van der Waals surface area contributed by atoms with Crippen LogP contribution in [-0.2, 0) is 0 Å². The second-order valence-corrected chi connectivity index (χ2v) is 8.74. The number of hydrogen-bond acceptors (Lipinski definition) is 5. The molecular weight excluding hydrogens is 410 g/mol. The number of hydrogen-bond donors (Lipinski definition) is 0. The summed E-state index contributed by atoms with van der Waals surface area (Å²) in [5.41, 5.74) is 3.81. The van der Waals surface area contributed by atoms with E-state index in [1.807, 2.05) is 57.1 Å². The van der Waals surface area contributed by atoms with Gasteiger partial charge in [0, 0.05) is 23.5 Å². The summed E-state index contributed by atoms with van der Waals surface area (Å²) in [4.78, 5) is 23.3. The normalized spacial score (nSPS) is 10.9. The van der Waals surface area contributed by atoms with Gasteiger partial charge in [0.05, 0.1) is 10.2 Å². The number of nitrogens with zero attached hydrogens (tertiary/aromatic N) is 3. The molecule has 0 spiro atoms. The number of thiazole rings is 1. The average molecular weight is 436 g/mol. The van der Waals surface area contributed by atoms with Crippen LogP contribution < -0.4 is 4.90 Å². The number of rotatable bonds is 6. The van der Waals surface area contributed by atoms with Crippen LogP contribution in [0.5, 0.6) is 0 Å². The number of para-hydroxylation sites is 1. The molecule has 0 radical (unpaired) electrons. The number of carbonyl (C=O) groups is 1. The third-order valence-corrected chi connectivity index (χ3v) is 6.27. The summed E-state index contributed by atoms with van der Waals surface area (Å²) in [5, 5.41) is 0.763. The molecule has 3 aromatic rings. The van der Waals surface area contributed by atoms with Crippen LogP contribution in [0, 0.1) is 13.8 Å². The Balaban J connectivity index is 0.00000280. The van der Waals surface area contributed by atoms with Gasteiger partial charge in [-0.2, -0.15) is 0 Å². The fourth-order valence-electron chi connectivity index (χ4n) is 2.89. The third-order valence-electron chi connectivity index (χ3n) is 4.46. The number of thioether (sulfide) groups is 1. The van der Waals surface area contributed by atoms with Crippen LogP contribution in [0.3, 0.4) is 0 Å². The number of benzene rings is 2. The number of fused-ring (bicyclic) bond motifs is 1. The van der Waals surface area contributed by atoms with E-state index < -0.39 is 0 Å². The molecule has 3 rings (SSSR count). The Labute approximate surface area is 181 Å². The lowest BCUT2D eigenvalue weighted by atomic mass is 10.0. The van der Waals surface area contributed by atoms with Crippen molar-refractivity contribution in [1.82, 2.24) is 9.88 Å². The zero-order valence-electron chi connectivity index (χ0n) is 16.9. The molecule has 1 aromatic heterocycles. The minimum absolute atomic E-state index is 0. The van der Waals surface area contributed by atoms with Crippen molar-refractivity contribution in [2.45, 2.75) is 18.7 Å². The van der Waals surface area contributed by atoms with Crippen LogP contribution in [0.25, 0.3) is 10.2 Å². The van der Waals surface area contributed by atoms with Gasteiger partial charge in [0.25, 0.3) is 5.91 Å². The Morgan fingerprint density at radius 1 is 1.14 bits per heavy atom. The van der Waals surface area contributed by atoms with Crippen LogP contribution >= 0.6 is 35.5 Å². The van der Waals surface area contributed by atoms with Crippen molar-refractivity contribution in [2.24, 2.45) is 0 Å². The Morgan fingerprint density at radius 3 is 2.57 bits per heavy atom. The van der Waals surface area contributed by atoms with E-state index in [0.717, 1.165) is 43.5 Å². The monoisotopic (exact) mass is 435 g/mol. The Hall–Kier alpha value is -1.60. The number of anilines is 1. The lowest BCUT2D eigenvalue weighted by Crippen LogP contribution is -2.37. The third kappa shape index (κ3) is 4.87. The molecule has 28 heavy (non-hydrogen) atoms. The molecule has 4 nitrogen and oxygen atoms in total. The standard InChI is InChI=1S/C21H25N3OS2.ClH/c1-14-9-10-15(2)16(13-14)20(25)24(12-11-23(3)4)21-22-19-17(26-5)7-6-8-18(19)27-21;/h6-10,13H,11-12H2,1-5H3;1H. The highest BCUT2D eigenvalue weighted by Gasteiger charge is 2.23. The maximum absolute atomic E-state index is 13.4. The first-order chi connectivity index (χ1) is 12.9. The number of amides is 1. The summed E-state index contributed by atoms with van der Waals surface area (Å²) in [6.07, 6.45) is 2.05. The van der Waals surface area contributed by atoms with Crippen LogP contribution in [0.15, 0.2) is 41.3 Å². The molecule has 0 aliphatic rings. The van der Waals surface area contributed by atoms with E-state index in [1.54, 1.807) is 23.1 Å². The summed E-state index contributed by atoms with van der Waals surface area (Å²) < 4.78 is 1.11. The van der Waals surface area contributed by atoms with Gasteiger partial charge in [-0.05, 0) is 58.0 Å². The van der Waals surface area contributed by atoms with Crippen molar-refractivity contribution in [1.29, 1.82) is 0 Å². The summed E-state index contributed by atoms with van der Waals surface area (Å²) in [5.74, 6) is 0.0165. The number of likely N-dealkylation sites (N-methyl/N-ethyl adjacent to an activating group) is 1. The molecule has 0 bridgehead atoms. The fraction of sp³-hybridized carbons (Fsp3) is 0.333. The van der Waals surface area contributed by atoms with Crippen molar-refractivity contribution in [3.63, 3.8) is 0 Å². The van der Waals surface area contributed by atoms with E-state index in [9.17, 15) is 4.79 Å². The smallest absolute Gasteiger partial charge is 0.260 e. The second-order valence-electron chi connectivity index (χ2n) is 6.88. The van der Waals surface area contributed by atoms with Gasteiger partial charge < -0.3 is 4.90 Å². The van der Waals surface area contributed by atoms with Gasteiger partial charge in [0.2, 0.25) is 0 Å². The summed E-state index contributed by atoms with van der Waals surface area (Å²) in [6.45, 7) is 5.39. The Morgan fingerprint density at radius 2 is 1.89 bits per heavy atom. The molecule has 0 saturated heterocycles. The summed E-state index contributed by atoms with van der Waals surface area (Å²) in [6, 6.07) is 12.2. The molecular formula is C21H26ClN3OS2. The van der Waals surface area contributed by atoms with Crippen molar-refractivity contribution < 1.29 is 4.79 Å². The minimum Gasteiger partial charge on any atom is -0.308 e. The zero-order chi connectivity index (χ0) is 19.6. The van der Waals surface area contributed by atoms with Gasteiger partial charge in [-0.3, -0.25) is 9.69 Å². The van der Waals surface area contributed by atoms with E-state index in [2.05, 4.69) is 23.3 Å². The molecule has 0 saturated carbocycles. The first-order valence-electron chi connectivity index (χ1n) is 8.88. The number of halogens is 1. The maximum atomic E-state index is 13.4. The number of aromatic nitrogens is 1. The molecule has 0 fully saturated rings. The molecule has 1 amide bonds. The second kappa shape index (κ2) is 9.74. The van der Waals surface area contributed by atoms with Gasteiger partial charge >= 0.3 is 0 Å². The van der Waals surface area contributed by atoms with E-state index >= 15 is 0 Å². The molecule has 0 N–H and O–H groups in total. The Kier molecular flexibility index (Phi) is 7.89. The molecule has 0 aliphatic carbocycles. The first kappa shape index (κ1) is 22.7. The molecule has 1 heterocycles. The van der Waals surface area contributed by atoms with E-state index in [1.165, 1.54) is 0 Å². The van der Waals surface area contributed by atoms with Gasteiger partial charge in [0.15, 0.2) is 5.13 Å². The quantitative estimate of drug-likeness (QED) is 0.494. The molecule has 2 aromatic carbocycles. The van der Waals surface area contributed by atoms with E-state index in [4.69, 9.17) is 4.98 Å². The van der Waals surface area contributed by atoms with E-state index in [-0.39, 0.29) is 18.3 Å². The van der Waals surface area contributed by atoms with Gasteiger partial charge in [-0.15, -0.1) is 24.2 Å². The molecule has 0 atom stereocenters. The van der Waals surface area contributed by atoms with E-state index in [0.29, 0.717) is 6.54 Å². The largest absolute Gasteiger partial charge is 0.308 e. The van der Waals surface area contributed by atoms with Gasteiger partial charge in [0.1, 0.15) is 0 Å². The van der Waals surface area contributed by atoms with Crippen molar-refractivity contribution >= 4 is 56.8 Å². The van der Waals surface area contributed by atoms with Crippen LogP contribution in [0.1, 0.15) is 21.5 Å². The molecule has 0 aliphatic heterocycles. The summed E-state index contributed by atoms with van der Waals surface area (Å²) >= 11 is 3.27. The first-order valence-corrected chi connectivity index (χ1v) is 10.9. The minimum atomic E-state index is 0. The average Bonchev–Trinajstić information content (AvgIpc) is 3.07. The highest BCUT2D eigenvalue weighted by molar-refractivity contribution is 7.98. The molecule has 7 heteroatoms. The van der Waals surface area contributed by atoms with Crippen LogP contribution in [-0.4, -0.2) is 49.2 Å². The summed E-state index contributed by atoms with van der Waals surface area (Å²) in [7, 11) is 4.04.